The predicted molar refractivity (Wildman–Crippen MR) is 106 cm³/mol. The smallest absolute Gasteiger partial charge is 0.407 e. The Kier molecular flexibility index (Phi) is 7.91. The van der Waals surface area contributed by atoms with Gasteiger partial charge in [0.15, 0.2) is 0 Å². The molecule has 146 valence electrons. The van der Waals surface area contributed by atoms with Crippen LogP contribution < -0.4 is 10.6 Å². The summed E-state index contributed by atoms with van der Waals surface area (Å²) in [6.45, 7) is 11.7. The van der Waals surface area contributed by atoms with Crippen LogP contribution >= 0.6 is 0 Å². The number of benzene rings is 1. The standard InChI is InChI=1S/C21H35N3O2/c1-17(10-13-22-20(25)26-21(2,3)4)24-14-11-19(12-15-24)23-16-18-8-6-5-7-9-18/h5-9,17,19,23H,10-16H2,1-4H3,(H,22,25). The Morgan fingerprint density at radius 1 is 1.23 bits per heavy atom. The van der Waals surface area contributed by atoms with Gasteiger partial charge in [-0.1, -0.05) is 30.3 Å². The zero-order chi connectivity index (χ0) is 19.0. The second kappa shape index (κ2) is 9.93. The summed E-state index contributed by atoms with van der Waals surface area (Å²) in [5.74, 6) is 0. The van der Waals surface area contributed by atoms with Crippen LogP contribution in [0.4, 0.5) is 4.79 Å². The molecular weight excluding hydrogens is 326 g/mol. The molecule has 1 aliphatic heterocycles. The van der Waals surface area contributed by atoms with Crippen LogP contribution in [0.5, 0.6) is 0 Å². The summed E-state index contributed by atoms with van der Waals surface area (Å²) < 4.78 is 5.27. The second-order valence-corrected chi connectivity index (χ2v) is 8.24. The third kappa shape index (κ3) is 7.75. The number of ether oxygens (including phenoxy) is 1. The number of likely N-dealkylation sites (tertiary alicyclic amines) is 1. The quantitative estimate of drug-likeness (QED) is 0.780. The first kappa shape index (κ1) is 20.7. The van der Waals surface area contributed by atoms with E-state index in [9.17, 15) is 4.79 Å². The summed E-state index contributed by atoms with van der Waals surface area (Å²) in [7, 11) is 0. The molecule has 0 saturated carbocycles. The van der Waals surface area contributed by atoms with Gasteiger partial charge >= 0.3 is 6.09 Å². The number of amides is 1. The molecule has 1 unspecified atom stereocenters. The molecule has 1 aromatic carbocycles. The monoisotopic (exact) mass is 361 g/mol. The fourth-order valence-electron chi connectivity index (χ4n) is 3.28. The van der Waals surface area contributed by atoms with Crippen LogP contribution in [0.15, 0.2) is 30.3 Å². The molecule has 1 amide bonds. The summed E-state index contributed by atoms with van der Waals surface area (Å²) >= 11 is 0. The number of nitrogens with one attached hydrogen (secondary N) is 2. The highest BCUT2D eigenvalue weighted by Gasteiger charge is 2.22. The summed E-state index contributed by atoms with van der Waals surface area (Å²) in [5.41, 5.74) is 0.904. The lowest BCUT2D eigenvalue weighted by Gasteiger charge is -2.36. The molecule has 1 aromatic rings. The highest BCUT2D eigenvalue weighted by Crippen LogP contribution is 2.15. The third-order valence-corrected chi connectivity index (χ3v) is 4.82. The maximum atomic E-state index is 11.7. The zero-order valence-corrected chi connectivity index (χ0v) is 16.8. The minimum atomic E-state index is -0.440. The average Bonchev–Trinajstić information content (AvgIpc) is 2.59. The number of rotatable bonds is 7. The molecule has 1 aliphatic rings. The van der Waals surface area contributed by atoms with Crippen LogP contribution in [0.1, 0.15) is 52.5 Å². The van der Waals surface area contributed by atoms with Crippen LogP contribution in [-0.4, -0.2) is 48.3 Å². The average molecular weight is 362 g/mol. The molecule has 1 heterocycles. The summed E-state index contributed by atoms with van der Waals surface area (Å²) in [6, 6.07) is 11.6. The Hall–Kier alpha value is -1.59. The Labute approximate surface area is 158 Å². The lowest BCUT2D eigenvalue weighted by Crippen LogP contribution is -2.46. The van der Waals surface area contributed by atoms with Gasteiger partial charge < -0.3 is 20.3 Å². The van der Waals surface area contributed by atoms with E-state index >= 15 is 0 Å². The van der Waals surface area contributed by atoms with Crippen LogP contribution in [0, 0.1) is 0 Å². The zero-order valence-electron chi connectivity index (χ0n) is 16.8. The van der Waals surface area contributed by atoms with E-state index in [1.54, 1.807) is 0 Å². The minimum absolute atomic E-state index is 0.325. The van der Waals surface area contributed by atoms with Gasteiger partial charge in [0, 0.05) is 25.2 Å². The Morgan fingerprint density at radius 3 is 2.50 bits per heavy atom. The number of carbonyl (C=O) groups is 1. The molecule has 2 N–H and O–H groups in total. The van der Waals surface area contributed by atoms with Gasteiger partial charge in [0.1, 0.15) is 5.60 Å². The van der Waals surface area contributed by atoms with Gasteiger partial charge in [0.25, 0.3) is 0 Å². The van der Waals surface area contributed by atoms with Gasteiger partial charge in [0.05, 0.1) is 0 Å². The molecule has 1 saturated heterocycles. The predicted octanol–water partition coefficient (Wildman–Crippen LogP) is 3.54. The van der Waals surface area contributed by atoms with Crippen molar-refractivity contribution in [1.29, 1.82) is 0 Å². The highest BCUT2D eigenvalue weighted by molar-refractivity contribution is 5.67. The highest BCUT2D eigenvalue weighted by atomic mass is 16.6. The van der Waals surface area contributed by atoms with Gasteiger partial charge in [-0.15, -0.1) is 0 Å². The van der Waals surface area contributed by atoms with Gasteiger partial charge in [0.2, 0.25) is 0 Å². The summed E-state index contributed by atoms with van der Waals surface area (Å²) in [5, 5.41) is 6.53. The fourth-order valence-corrected chi connectivity index (χ4v) is 3.28. The lowest BCUT2D eigenvalue weighted by atomic mass is 10.0. The van der Waals surface area contributed by atoms with E-state index in [4.69, 9.17) is 4.74 Å². The van der Waals surface area contributed by atoms with Gasteiger partial charge in [-0.05, 0) is 65.6 Å². The minimum Gasteiger partial charge on any atom is -0.444 e. The van der Waals surface area contributed by atoms with Crippen molar-refractivity contribution in [2.24, 2.45) is 0 Å². The van der Waals surface area contributed by atoms with Crippen LogP contribution in [0.2, 0.25) is 0 Å². The van der Waals surface area contributed by atoms with Crippen LogP contribution in [-0.2, 0) is 11.3 Å². The normalized spacial score (nSPS) is 17.7. The van der Waals surface area contributed by atoms with E-state index in [0.717, 1.165) is 26.1 Å². The Morgan fingerprint density at radius 2 is 1.88 bits per heavy atom. The lowest BCUT2D eigenvalue weighted by molar-refractivity contribution is 0.0520. The number of hydrogen-bond donors (Lipinski definition) is 2. The number of carbonyl (C=O) groups excluding carboxylic acids is 1. The molecule has 2 rings (SSSR count). The van der Waals surface area contributed by atoms with Crippen LogP contribution in [0.3, 0.4) is 0 Å². The van der Waals surface area contributed by atoms with E-state index in [2.05, 4.69) is 52.8 Å². The molecule has 1 atom stereocenters. The van der Waals surface area contributed by atoms with Gasteiger partial charge in [-0.2, -0.15) is 0 Å². The third-order valence-electron chi connectivity index (χ3n) is 4.82. The topological polar surface area (TPSA) is 53.6 Å². The van der Waals surface area contributed by atoms with E-state index in [1.807, 2.05) is 20.8 Å². The molecule has 5 nitrogen and oxygen atoms in total. The number of alkyl carbamates (subject to hydrolysis) is 1. The van der Waals surface area contributed by atoms with Crippen molar-refractivity contribution in [3.05, 3.63) is 35.9 Å². The molecule has 5 heteroatoms. The van der Waals surface area contributed by atoms with Crippen molar-refractivity contribution in [1.82, 2.24) is 15.5 Å². The summed E-state index contributed by atoms with van der Waals surface area (Å²) in [6.07, 6.45) is 2.97. The maximum absolute atomic E-state index is 11.7. The van der Waals surface area contributed by atoms with Crippen LogP contribution in [0.25, 0.3) is 0 Å². The van der Waals surface area contributed by atoms with E-state index in [-0.39, 0.29) is 6.09 Å². The number of piperidine rings is 1. The molecule has 0 aliphatic carbocycles. The van der Waals surface area contributed by atoms with Crippen molar-refractivity contribution in [2.75, 3.05) is 19.6 Å². The van der Waals surface area contributed by atoms with E-state index in [1.165, 1.54) is 18.4 Å². The molecule has 0 radical (unpaired) electrons. The Bertz CT molecular complexity index is 534. The molecule has 0 spiro atoms. The molecule has 0 bridgehead atoms. The van der Waals surface area contributed by atoms with Crippen molar-refractivity contribution < 1.29 is 9.53 Å². The first-order chi connectivity index (χ1) is 12.3. The molecule has 26 heavy (non-hydrogen) atoms. The fraction of sp³-hybridized carbons (Fsp3) is 0.667. The Balaban J connectivity index is 1.60. The molecular formula is C21H35N3O2. The summed E-state index contributed by atoms with van der Waals surface area (Å²) in [4.78, 5) is 14.2. The SMILES string of the molecule is CC(CCNC(=O)OC(C)(C)C)N1CCC(NCc2ccccc2)CC1. The number of nitrogens with zero attached hydrogens (tertiary/aromatic N) is 1. The van der Waals surface area contributed by atoms with Crippen molar-refractivity contribution >= 4 is 6.09 Å². The number of hydrogen-bond acceptors (Lipinski definition) is 4. The first-order valence-electron chi connectivity index (χ1n) is 9.82. The van der Waals surface area contributed by atoms with Crippen molar-refractivity contribution in [3.63, 3.8) is 0 Å². The largest absolute Gasteiger partial charge is 0.444 e. The van der Waals surface area contributed by atoms with E-state index < -0.39 is 5.60 Å². The molecule has 1 fully saturated rings. The van der Waals surface area contributed by atoms with Gasteiger partial charge in [-0.3, -0.25) is 0 Å². The van der Waals surface area contributed by atoms with E-state index in [0.29, 0.717) is 18.6 Å². The van der Waals surface area contributed by atoms with Gasteiger partial charge in [-0.25, -0.2) is 4.79 Å². The van der Waals surface area contributed by atoms with Crippen molar-refractivity contribution in [3.8, 4) is 0 Å². The molecule has 0 aromatic heterocycles. The first-order valence-corrected chi connectivity index (χ1v) is 9.82. The maximum Gasteiger partial charge on any atom is 0.407 e. The van der Waals surface area contributed by atoms with Crippen molar-refractivity contribution in [2.45, 2.75) is 71.2 Å². The second-order valence-electron chi connectivity index (χ2n) is 8.24.